The number of nitrogens with zero attached hydrogens (tertiary/aromatic N) is 2. The monoisotopic (exact) mass is 567 g/mol. The lowest BCUT2D eigenvalue weighted by Crippen LogP contribution is -2.34. The van der Waals surface area contributed by atoms with Crippen LogP contribution in [0.4, 0.5) is 13.2 Å². The van der Waals surface area contributed by atoms with Crippen molar-refractivity contribution >= 4 is 23.5 Å². The first-order valence-corrected chi connectivity index (χ1v) is 13.2. The number of nitrogens with one attached hydrogen (secondary N) is 1. The largest absolute Gasteiger partial charge is 0.481 e. The topological polar surface area (TPSA) is 93.5 Å². The Morgan fingerprint density at radius 2 is 1.79 bits per heavy atom. The predicted octanol–water partition coefficient (Wildman–Crippen LogP) is 5.78. The molecule has 0 atom stereocenters. The molecular weight excluding hydrogens is 535 g/mol. The van der Waals surface area contributed by atoms with Gasteiger partial charge in [-0.05, 0) is 94.5 Å². The van der Waals surface area contributed by atoms with Crippen LogP contribution in [0, 0.1) is 23.7 Å². The van der Waals surface area contributed by atoms with Gasteiger partial charge in [-0.3, -0.25) is 9.59 Å². The van der Waals surface area contributed by atoms with Crippen molar-refractivity contribution in [1.82, 2.24) is 14.9 Å². The van der Waals surface area contributed by atoms with Gasteiger partial charge in [0.05, 0.1) is 24.1 Å². The number of alkyl halides is 3. The number of amides is 1. The van der Waals surface area contributed by atoms with E-state index in [9.17, 15) is 27.9 Å². The van der Waals surface area contributed by atoms with Gasteiger partial charge in [0, 0.05) is 6.54 Å². The van der Waals surface area contributed by atoms with Crippen LogP contribution in [0.5, 0.6) is 0 Å². The zero-order chi connectivity index (χ0) is 29.0. The molecule has 1 heterocycles. The van der Waals surface area contributed by atoms with E-state index < -0.39 is 29.2 Å². The SMILES string of the molecule is CC(C)OC(C)(C)C#Cc1nc(Cl)n(Cc2ccc(C(F)(F)F)cc2)c1C(=O)NC[C@H]1CC[C@H](C(=O)O)CC1. The first-order valence-electron chi connectivity index (χ1n) is 12.8. The second kappa shape index (κ2) is 12.4. The summed E-state index contributed by atoms with van der Waals surface area (Å²) in [6, 6.07) is 4.60. The lowest BCUT2D eigenvalue weighted by molar-refractivity contribution is -0.143. The maximum Gasteiger partial charge on any atom is 0.416 e. The number of halogens is 4. The van der Waals surface area contributed by atoms with Gasteiger partial charge >= 0.3 is 12.1 Å². The van der Waals surface area contributed by atoms with Crippen LogP contribution in [-0.4, -0.2) is 44.8 Å². The molecule has 7 nitrogen and oxygen atoms in total. The van der Waals surface area contributed by atoms with E-state index >= 15 is 0 Å². The number of imidazole rings is 1. The average Bonchev–Trinajstić information content (AvgIpc) is 3.15. The molecule has 0 radical (unpaired) electrons. The molecule has 2 aromatic rings. The summed E-state index contributed by atoms with van der Waals surface area (Å²) in [5, 5.41) is 12.1. The molecule has 11 heteroatoms. The molecule has 1 amide bonds. The summed E-state index contributed by atoms with van der Waals surface area (Å²) in [6.45, 7) is 7.67. The first-order chi connectivity index (χ1) is 18.2. The minimum absolute atomic E-state index is 0.00398. The highest BCUT2D eigenvalue weighted by atomic mass is 35.5. The Bertz CT molecular complexity index is 1240. The van der Waals surface area contributed by atoms with Crippen LogP contribution in [0.3, 0.4) is 0 Å². The van der Waals surface area contributed by atoms with Gasteiger partial charge in [0.25, 0.3) is 5.91 Å². The molecule has 3 rings (SSSR count). The van der Waals surface area contributed by atoms with E-state index in [2.05, 4.69) is 22.1 Å². The summed E-state index contributed by atoms with van der Waals surface area (Å²) in [5.41, 5.74) is -0.913. The lowest BCUT2D eigenvalue weighted by atomic mass is 9.82. The fourth-order valence-corrected chi connectivity index (χ4v) is 4.86. The Morgan fingerprint density at radius 1 is 1.18 bits per heavy atom. The number of hydrogen-bond donors (Lipinski definition) is 2. The van der Waals surface area contributed by atoms with Gasteiger partial charge in [-0.15, -0.1) is 0 Å². The van der Waals surface area contributed by atoms with E-state index in [1.54, 1.807) is 13.8 Å². The highest BCUT2D eigenvalue weighted by molar-refractivity contribution is 6.29. The van der Waals surface area contributed by atoms with E-state index in [0.29, 0.717) is 37.8 Å². The van der Waals surface area contributed by atoms with Crippen molar-refractivity contribution in [3.63, 3.8) is 0 Å². The van der Waals surface area contributed by atoms with Crippen LogP contribution < -0.4 is 5.32 Å². The van der Waals surface area contributed by atoms with Crippen molar-refractivity contribution in [2.24, 2.45) is 11.8 Å². The molecule has 1 aromatic heterocycles. The standard InChI is InChI=1S/C28H33ClF3N3O4/c1-17(2)39-27(3,4)14-13-22-23(24(36)33-15-18-5-9-20(10-6-18)25(37)38)35(26(29)34-22)16-19-7-11-21(12-8-19)28(30,31)32/h7-8,11-12,17-18,20H,5-6,9-10,15-16H2,1-4H3,(H,33,36)(H,37,38)/t18-,20-. The zero-order valence-corrected chi connectivity index (χ0v) is 23.1. The number of aromatic nitrogens is 2. The Kier molecular flexibility index (Phi) is 9.73. The second-order valence-electron chi connectivity index (χ2n) is 10.6. The number of carbonyl (C=O) groups excluding carboxylic acids is 1. The maximum absolute atomic E-state index is 13.4. The number of hydrogen-bond acceptors (Lipinski definition) is 4. The Labute approximate surface area is 231 Å². The molecule has 0 spiro atoms. The molecule has 212 valence electrons. The Hall–Kier alpha value is -3.03. The van der Waals surface area contributed by atoms with Gasteiger partial charge in [-0.2, -0.15) is 13.2 Å². The molecule has 0 unspecified atom stereocenters. The fourth-order valence-electron chi connectivity index (χ4n) is 4.63. The molecule has 1 saturated carbocycles. The van der Waals surface area contributed by atoms with E-state index in [1.165, 1.54) is 16.7 Å². The van der Waals surface area contributed by atoms with Crippen molar-refractivity contribution in [2.45, 2.75) is 77.8 Å². The summed E-state index contributed by atoms with van der Waals surface area (Å²) in [4.78, 5) is 28.9. The number of benzene rings is 1. The van der Waals surface area contributed by atoms with Gasteiger partial charge in [0.1, 0.15) is 17.0 Å². The third-order valence-corrected chi connectivity index (χ3v) is 6.81. The van der Waals surface area contributed by atoms with Crippen LogP contribution in [0.1, 0.15) is 80.7 Å². The third-order valence-electron chi connectivity index (χ3n) is 6.52. The second-order valence-corrected chi connectivity index (χ2v) is 10.9. The number of carboxylic acids is 1. The van der Waals surface area contributed by atoms with Gasteiger partial charge in [-0.25, -0.2) is 4.98 Å². The van der Waals surface area contributed by atoms with Crippen LogP contribution in [-0.2, 0) is 22.3 Å². The molecule has 1 aliphatic rings. The highest BCUT2D eigenvalue weighted by Crippen LogP contribution is 2.30. The van der Waals surface area contributed by atoms with Crippen molar-refractivity contribution in [2.75, 3.05) is 6.54 Å². The van der Waals surface area contributed by atoms with E-state index in [0.717, 1.165) is 12.1 Å². The van der Waals surface area contributed by atoms with Crippen LogP contribution in [0.15, 0.2) is 24.3 Å². The summed E-state index contributed by atoms with van der Waals surface area (Å²) < 4.78 is 46.2. The summed E-state index contributed by atoms with van der Waals surface area (Å²) in [5.74, 6) is 4.37. The third kappa shape index (κ3) is 8.48. The highest BCUT2D eigenvalue weighted by Gasteiger charge is 2.31. The average molecular weight is 568 g/mol. The van der Waals surface area contributed by atoms with E-state index in [4.69, 9.17) is 16.3 Å². The molecule has 0 bridgehead atoms. The quantitative estimate of drug-likeness (QED) is 0.395. The van der Waals surface area contributed by atoms with E-state index in [-0.39, 0.29) is 41.2 Å². The molecule has 1 aromatic carbocycles. The minimum atomic E-state index is -4.46. The Morgan fingerprint density at radius 3 is 2.33 bits per heavy atom. The fraction of sp³-hybridized carbons (Fsp3) is 0.536. The number of ether oxygens (including phenoxy) is 1. The van der Waals surface area contributed by atoms with Crippen molar-refractivity contribution in [3.8, 4) is 11.8 Å². The summed E-state index contributed by atoms with van der Waals surface area (Å²) in [6.07, 6.45) is -2.10. The van der Waals surface area contributed by atoms with Crippen LogP contribution in [0.2, 0.25) is 5.28 Å². The Balaban J connectivity index is 1.88. The first kappa shape index (κ1) is 30.5. The smallest absolute Gasteiger partial charge is 0.416 e. The predicted molar refractivity (Wildman–Crippen MR) is 140 cm³/mol. The zero-order valence-electron chi connectivity index (χ0n) is 22.4. The van der Waals surface area contributed by atoms with Gasteiger partial charge in [0.2, 0.25) is 5.28 Å². The van der Waals surface area contributed by atoms with Gasteiger partial charge in [0.15, 0.2) is 0 Å². The molecule has 0 saturated heterocycles. The van der Waals surface area contributed by atoms with Crippen LogP contribution >= 0.6 is 11.6 Å². The molecule has 0 aliphatic heterocycles. The molecule has 1 fully saturated rings. The maximum atomic E-state index is 13.4. The van der Waals surface area contributed by atoms with Gasteiger partial charge in [-0.1, -0.05) is 18.1 Å². The van der Waals surface area contributed by atoms with Crippen LogP contribution in [0.25, 0.3) is 0 Å². The number of aliphatic carboxylic acids is 1. The lowest BCUT2D eigenvalue weighted by Gasteiger charge is -2.26. The summed E-state index contributed by atoms with van der Waals surface area (Å²) >= 11 is 6.41. The molecular formula is C28H33ClF3N3O4. The minimum Gasteiger partial charge on any atom is -0.481 e. The van der Waals surface area contributed by atoms with Crippen molar-refractivity contribution in [1.29, 1.82) is 0 Å². The van der Waals surface area contributed by atoms with Crippen molar-refractivity contribution < 1.29 is 32.6 Å². The summed E-state index contributed by atoms with van der Waals surface area (Å²) in [7, 11) is 0. The van der Waals surface area contributed by atoms with Gasteiger partial charge < -0.3 is 19.7 Å². The van der Waals surface area contributed by atoms with E-state index in [1.807, 2.05) is 13.8 Å². The van der Waals surface area contributed by atoms with Crippen molar-refractivity contribution in [3.05, 3.63) is 52.1 Å². The molecule has 2 N–H and O–H groups in total. The number of carboxylic acid groups (broad SMARTS) is 1. The number of carbonyl (C=O) groups is 2. The normalized spacial score (nSPS) is 18.0. The molecule has 39 heavy (non-hydrogen) atoms. The number of rotatable bonds is 8. The molecule has 1 aliphatic carbocycles.